The highest BCUT2D eigenvalue weighted by Gasteiger charge is 2.42. The van der Waals surface area contributed by atoms with Gasteiger partial charge >= 0.3 is 6.18 Å². The van der Waals surface area contributed by atoms with Crippen molar-refractivity contribution in [3.8, 4) is 0 Å². The second-order valence-electron chi connectivity index (χ2n) is 12.4. The van der Waals surface area contributed by atoms with Crippen molar-refractivity contribution in [1.82, 2.24) is 14.9 Å². The molecule has 3 aliphatic rings. The average Bonchev–Trinajstić information content (AvgIpc) is 3.75. The number of amides is 2. The molecule has 2 aromatic carbocycles. The van der Waals surface area contributed by atoms with Gasteiger partial charge in [-0.15, -0.1) is 0 Å². The Morgan fingerprint density at radius 2 is 1.47 bits per heavy atom. The van der Waals surface area contributed by atoms with Crippen LogP contribution in [0, 0.1) is 5.92 Å². The molecule has 0 spiro atoms. The van der Waals surface area contributed by atoms with E-state index < -0.39 is 23.5 Å². The number of aromatic nitrogens is 2. The number of fused-ring (bicyclic) bond motifs is 1. The summed E-state index contributed by atoms with van der Waals surface area (Å²) in [5, 5.41) is 2.48. The number of benzene rings is 2. The van der Waals surface area contributed by atoms with Gasteiger partial charge in [0.1, 0.15) is 5.82 Å². The van der Waals surface area contributed by atoms with Crippen molar-refractivity contribution in [2.45, 2.75) is 37.8 Å². The van der Waals surface area contributed by atoms with Crippen molar-refractivity contribution in [2.24, 2.45) is 5.92 Å². The Morgan fingerprint density at radius 1 is 0.809 bits per heavy atom. The van der Waals surface area contributed by atoms with Gasteiger partial charge in [-0.25, -0.2) is 4.98 Å². The molecule has 1 N–H and O–H groups in total. The van der Waals surface area contributed by atoms with Gasteiger partial charge in [0.15, 0.2) is 5.69 Å². The van der Waals surface area contributed by atoms with E-state index in [0.29, 0.717) is 51.0 Å². The van der Waals surface area contributed by atoms with Crippen molar-refractivity contribution in [1.29, 1.82) is 0 Å². The number of oxazole rings is 1. The molecular weight excluding hydrogens is 609 g/mol. The van der Waals surface area contributed by atoms with Gasteiger partial charge in [-0.05, 0) is 60.4 Å². The molecule has 2 saturated heterocycles. The quantitative estimate of drug-likeness (QED) is 0.284. The van der Waals surface area contributed by atoms with Gasteiger partial charge < -0.3 is 24.4 Å². The van der Waals surface area contributed by atoms with E-state index in [-0.39, 0.29) is 23.5 Å². The number of piperazine rings is 1. The first-order chi connectivity index (χ1) is 22.7. The zero-order chi connectivity index (χ0) is 32.5. The summed E-state index contributed by atoms with van der Waals surface area (Å²) in [6, 6.07) is 21.3. The largest absolute Gasteiger partial charge is 0.437 e. The van der Waals surface area contributed by atoms with Crippen LogP contribution in [0.4, 0.5) is 30.7 Å². The molecule has 12 heteroatoms. The molecule has 9 nitrogen and oxygen atoms in total. The lowest BCUT2D eigenvalue weighted by atomic mass is 9.90. The molecule has 0 saturated carbocycles. The highest BCUT2D eigenvalue weighted by atomic mass is 19.4. The summed E-state index contributed by atoms with van der Waals surface area (Å²) < 4.78 is 47.3. The Bertz CT molecular complexity index is 1700. The monoisotopic (exact) mass is 644 g/mol. The van der Waals surface area contributed by atoms with Gasteiger partial charge in [0, 0.05) is 45.2 Å². The van der Waals surface area contributed by atoms with E-state index in [2.05, 4.69) is 39.6 Å². The number of rotatable bonds is 6. The van der Waals surface area contributed by atoms with E-state index in [1.807, 2.05) is 40.1 Å². The maximum absolute atomic E-state index is 13.9. The predicted molar refractivity (Wildman–Crippen MR) is 170 cm³/mol. The van der Waals surface area contributed by atoms with Gasteiger partial charge in [-0.3, -0.25) is 9.59 Å². The zero-order valence-corrected chi connectivity index (χ0v) is 25.7. The lowest BCUT2D eigenvalue weighted by Gasteiger charge is -2.36. The van der Waals surface area contributed by atoms with E-state index >= 15 is 0 Å². The number of alkyl halides is 3. The minimum absolute atomic E-state index is 0.0230. The molecule has 0 radical (unpaired) electrons. The summed E-state index contributed by atoms with van der Waals surface area (Å²) in [4.78, 5) is 40.0. The SMILES string of the molecule is O=C(Nc1ccc(N2CCN(C(=O)C3Cc4ccccc4C3)CC2)nc1)c1oc(N2CCC(c3ccccc3)CC2)nc1C(F)(F)F. The third-order valence-electron chi connectivity index (χ3n) is 9.45. The number of nitrogens with zero attached hydrogens (tertiary/aromatic N) is 5. The normalized spacial score (nSPS) is 17.6. The lowest BCUT2D eigenvalue weighted by Crippen LogP contribution is -2.50. The van der Waals surface area contributed by atoms with Crippen LogP contribution in [0.15, 0.2) is 77.3 Å². The van der Waals surface area contributed by atoms with Gasteiger partial charge in [0.25, 0.3) is 11.9 Å². The second kappa shape index (κ2) is 12.7. The van der Waals surface area contributed by atoms with Crippen LogP contribution in [0.25, 0.3) is 0 Å². The summed E-state index contributed by atoms with van der Waals surface area (Å²) in [6.07, 6.45) is -0.458. The van der Waals surface area contributed by atoms with Crippen molar-refractivity contribution < 1.29 is 27.2 Å². The lowest BCUT2D eigenvalue weighted by molar-refractivity contribution is -0.141. The van der Waals surface area contributed by atoms with Crippen LogP contribution >= 0.6 is 0 Å². The van der Waals surface area contributed by atoms with Crippen LogP contribution < -0.4 is 15.1 Å². The number of carbonyl (C=O) groups excluding carboxylic acids is 2. The number of anilines is 3. The van der Waals surface area contributed by atoms with Crippen LogP contribution in [-0.4, -0.2) is 66.0 Å². The average molecular weight is 645 g/mol. The van der Waals surface area contributed by atoms with Crippen LogP contribution in [0.5, 0.6) is 0 Å². The van der Waals surface area contributed by atoms with Crippen LogP contribution in [0.1, 0.15) is 51.7 Å². The van der Waals surface area contributed by atoms with Crippen LogP contribution in [0.2, 0.25) is 0 Å². The van der Waals surface area contributed by atoms with Crippen LogP contribution in [0.3, 0.4) is 0 Å². The number of piperidine rings is 1. The number of pyridine rings is 1. The smallest absolute Gasteiger partial charge is 0.417 e. The van der Waals surface area contributed by atoms with Gasteiger partial charge in [-0.1, -0.05) is 54.6 Å². The van der Waals surface area contributed by atoms with Crippen LogP contribution in [-0.2, 0) is 23.8 Å². The van der Waals surface area contributed by atoms with Gasteiger partial charge in [0.05, 0.1) is 11.9 Å². The molecule has 1 aliphatic carbocycles. The minimum atomic E-state index is -4.87. The summed E-state index contributed by atoms with van der Waals surface area (Å²) >= 11 is 0. The highest BCUT2D eigenvalue weighted by Crippen LogP contribution is 2.37. The topological polar surface area (TPSA) is 94.8 Å². The zero-order valence-electron chi connectivity index (χ0n) is 25.7. The first kappa shape index (κ1) is 30.8. The number of hydrogen-bond donors (Lipinski definition) is 1. The molecular formula is C35H35F3N6O3. The molecule has 47 heavy (non-hydrogen) atoms. The van der Waals surface area contributed by atoms with Crippen molar-refractivity contribution in [3.63, 3.8) is 0 Å². The van der Waals surface area contributed by atoms with Crippen molar-refractivity contribution >= 4 is 29.3 Å². The van der Waals surface area contributed by atoms with E-state index in [1.165, 1.54) is 22.9 Å². The van der Waals surface area contributed by atoms with E-state index in [4.69, 9.17) is 4.42 Å². The molecule has 0 unspecified atom stereocenters. The molecule has 4 aromatic rings. The Balaban J connectivity index is 0.952. The first-order valence-electron chi connectivity index (χ1n) is 16.0. The Morgan fingerprint density at radius 3 is 2.09 bits per heavy atom. The fraction of sp³-hybridized carbons (Fsp3) is 0.371. The summed E-state index contributed by atoms with van der Waals surface area (Å²) in [5.41, 5.74) is 2.56. The fourth-order valence-electron chi connectivity index (χ4n) is 6.90. The molecule has 0 bridgehead atoms. The van der Waals surface area contributed by atoms with Gasteiger partial charge in [0.2, 0.25) is 11.7 Å². The summed E-state index contributed by atoms with van der Waals surface area (Å²) in [5.74, 6) is -0.828. The standard InChI is InChI=1S/C35H35F3N6O3/c36-35(37,38)31-30(47-34(41-31)44-14-12-24(13-15-44)23-6-2-1-3-7-23)32(45)40-28-10-11-29(39-22-28)42-16-18-43(19-17-42)33(46)27-20-25-8-4-5-9-26(25)21-27/h1-11,22,24,27H,12-21H2,(H,40,45). The summed E-state index contributed by atoms with van der Waals surface area (Å²) in [7, 11) is 0. The van der Waals surface area contributed by atoms with Crippen molar-refractivity contribution in [3.05, 3.63) is 101 Å². The highest BCUT2D eigenvalue weighted by molar-refractivity contribution is 6.03. The minimum Gasteiger partial charge on any atom is -0.417 e. The number of carbonyl (C=O) groups is 2. The molecule has 2 aromatic heterocycles. The van der Waals surface area contributed by atoms with E-state index in [0.717, 1.165) is 25.7 Å². The Hall–Kier alpha value is -4.87. The van der Waals surface area contributed by atoms with Gasteiger partial charge in [-0.2, -0.15) is 18.2 Å². The molecule has 0 atom stereocenters. The first-order valence-corrected chi connectivity index (χ1v) is 16.0. The van der Waals surface area contributed by atoms with Crippen molar-refractivity contribution in [2.75, 3.05) is 54.4 Å². The Labute approximate surface area is 270 Å². The van der Waals surface area contributed by atoms with E-state index in [9.17, 15) is 22.8 Å². The second-order valence-corrected chi connectivity index (χ2v) is 12.4. The molecule has 4 heterocycles. The summed E-state index contributed by atoms with van der Waals surface area (Å²) in [6.45, 7) is 3.26. The maximum Gasteiger partial charge on any atom is 0.437 e. The predicted octanol–water partition coefficient (Wildman–Crippen LogP) is 5.79. The third kappa shape index (κ3) is 6.54. The maximum atomic E-state index is 13.9. The number of hydrogen-bond acceptors (Lipinski definition) is 7. The molecule has 2 amide bonds. The third-order valence-corrected chi connectivity index (χ3v) is 9.45. The van der Waals surface area contributed by atoms with E-state index in [1.54, 1.807) is 17.0 Å². The fourth-order valence-corrected chi connectivity index (χ4v) is 6.90. The number of nitrogens with one attached hydrogen (secondary N) is 1. The number of halogens is 3. The Kier molecular flexibility index (Phi) is 8.33. The molecule has 2 fully saturated rings. The molecule has 244 valence electrons. The molecule has 7 rings (SSSR count). The molecule has 2 aliphatic heterocycles.